The highest BCUT2D eigenvalue weighted by Gasteiger charge is 2.34. The van der Waals surface area contributed by atoms with Gasteiger partial charge in [0.15, 0.2) is 11.6 Å². The summed E-state index contributed by atoms with van der Waals surface area (Å²) in [6, 6.07) is 22.0. The van der Waals surface area contributed by atoms with Gasteiger partial charge in [-0.1, -0.05) is 52.5 Å². The van der Waals surface area contributed by atoms with Crippen LogP contribution in [-0.2, 0) is 35.9 Å². The molecule has 1 aliphatic carbocycles. The summed E-state index contributed by atoms with van der Waals surface area (Å²) in [6.45, 7) is 0. The van der Waals surface area contributed by atoms with Crippen molar-refractivity contribution >= 4 is 97.3 Å². The predicted octanol–water partition coefficient (Wildman–Crippen LogP) is 6.90. The van der Waals surface area contributed by atoms with Gasteiger partial charge in [-0.15, -0.1) is 8.67 Å². The van der Waals surface area contributed by atoms with E-state index in [9.17, 15) is 42.4 Å². The summed E-state index contributed by atoms with van der Waals surface area (Å²) in [5.74, 6) is -3.26. The zero-order valence-corrected chi connectivity index (χ0v) is 35.0. The number of pyridine rings is 1. The molecule has 65 heavy (non-hydrogen) atoms. The SMILES string of the molecule is Cn1c(=O)c(C(=O)c2cccc(SOOO)c2)c2c3c(c(Nc4cc(Nc5nc(O)nc(Nc6cccc(C(=O)O)c6)n5)c(S(=O)(=O)O)cc4SOOO)ccc31)C(=O)c1ccccc1-2. The van der Waals surface area contributed by atoms with Crippen LogP contribution in [0.15, 0.2) is 117 Å². The molecule has 0 saturated carbocycles. The highest BCUT2D eigenvalue weighted by atomic mass is 32.2. The molecule has 2 heterocycles. The van der Waals surface area contributed by atoms with Crippen molar-refractivity contribution in [3.05, 3.63) is 135 Å². The van der Waals surface area contributed by atoms with Gasteiger partial charge >= 0.3 is 12.0 Å². The van der Waals surface area contributed by atoms with Crippen LogP contribution in [0.4, 0.5) is 34.6 Å². The first-order chi connectivity index (χ1) is 31.2. The molecular weight excluding hydrogens is 915 g/mol. The number of carboxylic acid groups (broad SMARTS) is 1. The van der Waals surface area contributed by atoms with Crippen LogP contribution in [0.5, 0.6) is 6.01 Å². The number of hydrogen-bond acceptors (Lipinski definition) is 21. The first kappa shape index (κ1) is 44.3. The molecule has 0 unspecified atom stereocenters. The average Bonchev–Trinajstić information content (AvgIpc) is 3.28. The van der Waals surface area contributed by atoms with Crippen molar-refractivity contribution in [1.29, 1.82) is 0 Å². The van der Waals surface area contributed by atoms with Crippen LogP contribution in [0.1, 0.15) is 42.2 Å². The van der Waals surface area contributed by atoms with Gasteiger partial charge in [0, 0.05) is 39.7 Å². The van der Waals surface area contributed by atoms with E-state index in [-0.39, 0.29) is 89.8 Å². The Bertz CT molecular complexity index is 3300. The van der Waals surface area contributed by atoms with Gasteiger partial charge in [0.1, 0.15) is 4.90 Å². The number of carboxylic acids is 1. The number of aryl methyl sites for hydroxylation is 1. The van der Waals surface area contributed by atoms with Crippen LogP contribution in [-0.4, -0.2) is 70.8 Å². The normalized spacial score (nSPS) is 11.9. The lowest BCUT2D eigenvalue weighted by Crippen LogP contribution is -2.29. The van der Waals surface area contributed by atoms with E-state index in [0.29, 0.717) is 16.9 Å². The monoisotopic (exact) mass is 941 g/mol. The van der Waals surface area contributed by atoms with E-state index in [0.717, 1.165) is 12.1 Å². The zero-order valence-electron chi connectivity index (χ0n) is 32.6. The fraction of sp³-hybridized carbons (Fsp3) is 0.0250. The van der Waals surface area contributed by atoms with Gasteiger partial charge in [0.25, 0.3) is 15.7 Å². The number of aromatic hydroxyl groups is 1. The van der Waals surface area contributed by atoms with Gasteiger partial charge < -0.3 is 30.7 Å². The third kappa shape index (κ3) is 8.82. The smallest absolute Gasteiger partial charge is 0.335 e. The van der Waals surface area contributed by atoms with E-state index in [1.54, 1.807) is 24.3 Å². The second-order valence-corrected chi connectivity index (χ2v) is 16.4. The first-order valence-corrected chi connectivity index (χ1v) is 21.1. The molecular formula is C40H27N7O15S3. The van der Waals surface area contributed by atoms with Crippen molar-refractivity contribution in [2.45, 2.75) is 14.7 Å². The van der Waals surface area contributed by atoms with Crippen molar-refractivity contribution in [3.8, 4) is 17.1 Å². The summed E-state index contributed by atoms with van der Waals surface area (Å²) in [6.07, 6.45) is 0. The summed E-state index contributed by atoms with van der Waals surface area (Å²) in [5.41, 5.74) is -0.447. The molecule has 0 radical (unpaired) electrons. The maximum Gasteiger partial charge on any atom is 0.335 e. The summed E-state index contributed by atoms with van der Waals surface area (Å²) in [5, 5.41) is 53.6. The largest absolute Gasteiger partial charge is 0.479 e. The predicted molar refractivity (Wildman–Crippen MR) is 230 cm³/mol. The molecule has 25 heteroatoms. The molecule has 0 fully saturated rings. The third-order valence-corrected chi connectivity index (χ3v) is 11.8. The Morgan fingerprint density at radius 3 is 2.14 bits per heavy atom. The van der Waals surface area contributed by atoms with E-state index in [4.69, 9.17) is 10.5 Å². The van der Waals surface area contributed by atoms with Crippen molar-refractivity contribution < 1.29 is 66.8 Å². The van der Waals surface area contributed by atoms with E-state index < -0.39 is 55.8 Å². The second-order valence-electron chi connectivity index (χ2n) is 13.5. The van der Waals surface area contributed by atoms with E-state index in [1.165, 1.54) is 72.3 Å². The Kier molecular flexibility index (Phi) is 12.3. The van der Waals surface area contributed by atoms with E-state index in [2.05, 4.69) is 49.6 Å². The number of carbonyl (C=O) groups excluding carboxylic acids is 2. The second kappa shape index (κ2) is 18.1. The fourth-order valence-corrected chi connectivity index (χ4v) is 8.68. The molecule has 0 saturated heterocycles. The van der Waals surface area contributed by atoms with Crippen molar-refractivity contribution in [3.63, 3.8) is 0 Å². The fourth-order valence-electron chi connectivity index (χ4n) is 7.07. The molecule has 0 spiro atoms. The summed E-state index contributed by atoms with van der Waals surface area (Å²) >= 11 is 0.880. The van der Waals surface area contributed by atoms with Crippen molar-refractivity contribution in [2.24, 2.45) is 7.05 Å². The number of carbonyl (C=O) groups is 3. The summed E-state index contributed by atoms with van der Waals surface area (Å²) in [7, 11) is -3.69. The zero-order chi connectivity index (χ0) is 46.2. The minimum absolute atomic E-state index is 0.0210. The molecule has 8 rings (SSSR count). The maximum absolute atomic E-state index is 14.6. The quantitative estimate of drug-likeness (QED) is 0.0160. The number of rotatable bonds is 16. The molecule has 22 nitrogen and oxygen atoms in total. The molecule has 330 valence electrons. The summed E-state index contributed by atoms with van der Waals surface area (Å²) < 4.78 is 46.5. The number of aromatic carboxylic acids is 1. The number of nitrogens with one attached hydrogen (secondary N) is 3. The molecule has 8 N–H and O–H groups in total. The van der Waals surface area contributed by atoms with Crippen molar-refractivity contribution in [1.82, 2.24) is 19.5 Å². The number of ketones is 2. The van der Waals surface area contributed by atoms with Gasteiger partial charge in [-0.05, 0) is 60.2 Å². The van der Waals surface area contributed by atoms with Crippen molar-refractivity contribution in [2.75, 3.05) is 16.0 Å². The summed E-state index contributed by atoms with van der Waals surface area (Å²) in [4.78, 5) is 65.9. The number of hydrogen-bond donors (Lipinski definition) is 8. The third-order valence-electron chi connectivity index (χ3n) is 9.73. The maximum atomic E-state index is 14.6. The van der Waals surface area contributed by atoms with Crippen LogP contribution < -0.4 is 21.5 Å². The molecule has 1 aliphatic rings. The van der Waals surface area contributed by atoms with Gasteiger partial charge in [0.05, 0.1) is 68.3 Å². The standard InChI is InChI=1S/C40H27N7O15S3/c1-47-27-13-12-24(31-32(27)30(22-10-2-3-11-23(22)35(31)49)33(36(47)50)34(48)18-6-5-9-21(15-18)63-61-59-54)42-25-16-26(29(65(56,57)58)17-28(25)64-62-60-55)43-39-44-38(45-40(53)46-39)41-20-8-4-7-19(14-20)37(51)52/h2-17,42,54-55H,1H3,(H,51,52)(H,56,57,58)(H3,41,43,44,45,46,53). The molecule has 0 amide bonds. The highest BCUT2D eigenvalue weighted by Crippen LogP contribution is 2.46. The van der Waals surface area contributed by atoms with Crippen LogP contribution in [0.2, 0.25) is 0 Å². The lowest BCUT2D eigenvalue weighted by atomic mass is 9.80. The van der Waals surface area contributed by atoms with Crippen LogP contribution in [0.3, 0.4) is 0 Å². The van der Waals surface area contributed by atoms with E-state index in [1.807, 2.05) is 0 Å². The number of nitrogens with zero attached hydrogens (tertiary/aromatic N) is 4. The topological polar surface area (TPSA) is 320 Å². The molecule has 7 aromatic rings. The molecule has 5 aromatic carbocycles. The van der Waals surface area contributed by atoms with Crippen LogP contribution >= 0.6 is 24.1 Å². The minimum Gasteiger partial charge on any atom is -0.479 e. The molecule has 2 aromatic heterocycles. The van der Waals surface area contributed by atoms with Gasteiger partial charge in [-0.2, -0.15) is 23.4 Å². The minimum atomic E-state index is -5.12. The Hall–Kier alpha value is -7.30. The van der Waals surface area contributed by atoms with Crippen LogP contribution in [0.25, 0.3) is 22.0 Å². The Labute approximate surface area is 372 Å². The van der Waals surface area contributed by atoms with Gasteiger partial charge in [-0.3, -0.25) is 18.9 Å². The molecule has 0 aliphatic heterocycles. The lowest BCUT2D eigenvalue weighted by molar-refractivity contribution is -0.432. The number of aromatic nitrogens is 4. The molecule has 0 atom stereocenters. The van der Waals surface area contributed by atoms with E-state index >= 15 is 0 Å². The number of fused-ring (bicyclic) bond motifs is 2. The van der Waals surface area contributed by atoms with Gasteiger partial charge in [-0.25, -0.2) is 15.3 Å². The lowest BCUT2D eigenvalue weighted by Gasteiger charge is -2.26. The number of benzene rings is 5. The average molecular weight is 942 g/mol. The Morgan fingerprint density at radius 2 is 1.42 bits per heavy atom. The number of anilines is 6. The highest BCUT2D eigenvalue weighted by molar-refractivity contribution is 7.95. The Morgan fingerprint density at radius 1 is 0.723 bits per heavy atom. The van der Waals surface area contributed by atoms with Gasteiger partial charge in [0.2, 0.25) is 11.9 Å². The Balaban J connectivity index is 1.28. The first-order valence-electron chi connectivity index (χ1n) is 18.2. The van der Waals surface area contributed by atoms with Crippen LogP contribution in [0, 0.1) is 0 Å². The molecule has 0 bridgehead atoms.